The van der Waals surface area contributed by atoms with Crippen LogP contribution >= 0.6 is 0 Å². The predicted octanol–water partition coefficient (Wildman–Crippen LogP) is 33.3. The van der Waals surface area contributed by atoms with Crippen LogP contribution in [0.5, 0.6) is 0 Å². The molecule has 0 aromatic heterocycles. The third kappa shape index (κ3) is 15.5. The summed E-state index contributed by atoms with van der Waals surface area (Å²) < 4.78 is 5.21. The zero-order valence-electron chi connectivity index (χ0n) is 90.1. The quantitative estimate of drug-likeness (QED) is 0.102. The van der Waals surface area contributed by atoms with Gasteiger partial charge in [-0.05, 0) is 460 Å². The molecule has 0 amide bonds. The number of benzene rings is 5. The first kappa shape index (κ1) is 102. The fraction of sp³-hybridized carbons (Fsp3) is 0.698. The van der Waals surface area contributed by atoms with E-state index in [1.165, 1.54) is 292 Å². The molecule has 15 aliphatic rings. The minimum atomic E-state index is -0.160. The maximum Gasteiger partial charge on any atom is 0.338 e. The van der Waals surface area contributed by atoms with Crippen LogP contribution in [0.15, 0.2) is 42.5 Å². The normalized spacial score (nSPS) is 37.2. The van der Waals surface area contributed by atoms with Gasteiger partial charge in [-0.2, -0.15) is 23.3 Å². The molecule has 132 heavy (non-hydrogen) atoms. The first-order valence-electron chi connectivity index (χ1n) is 53.4. The number of ketones is 3. The smallest absolute Gasteiger partial charge is 0.338 e. The number of methoxy groups -OCH3 is 1. The number of esters is 1. The second-order valence-corrected chi connectivity index (χ2v) is 53.9. The van der Waals surface area contributed by atoms with Crippen molar-refractivity contribution in [3.8, 4) is 0 Å². The Labute approximate surface area is 829 Å². The van der Waals surface area contributed by atoms with Gasteiger partial charge in [-0.1, -0.05) is 221 Å². The van der Waals surface area contributed by atoms with Gasteiger partial charge in [0.05, 0.1) is 12.7 Å². The molecule has 15 aliphatic carbocycles. The van der Waals surface area contributed by atoms with E-state index < -0.39 is 0 Å². The summed E-state index contributed by atoms with van der Waals surface area (Å²) in [6.07, 6.45) is 47.9. The molecule has 5 aromatic carbocycles. The van der Waals surface area contributed by atoms with E-state index in [4.69, 9.17) is 4.74 Å². The molecule has 0 bridgehead atoms. The van der Waals surface area contributed by atoms with Crippen molar-refractivity contribution in [2.24, 2.45) is 113 Å². The Hall–Kier alpha value is -4.84. The molecule has 5 unspecified atom stereocenters. The summed E-state index contributed by atoms with van der Waals surface area (Å²) in [5.41, 5.74) is 36.1. The number of fused-ring (bicyclic) bond motifs is 25. The molecule has 10 saturated carbocycles. The van der Waals surface area contributed by atoms with Crippen molar-refractivity contribution in [1.29, 1.82) is 0 Å². The molecule has 0 N–H and O–H groups in total. The van der Waals surface area contributed by atoms with Crippen molar-refractivity contribution < 1.29 is 56.6 Å². The molecule has 10 fully saturated rings. The van der Waals surface area contributed by atoms with E-state index >= 15 is 0 Å². The second kappa shape index (κ2) is 34.6. The summed E-state index contributed by atoms with van der Waals surface area (Å²) in [7, 11) is 1.51. The second-order valence-electron chi connectivity index (χ2n) is 53.9. The fourth-order valence-corrected chi connectivity index (χ4v) is 38.4. The molecule has 0 spiro atoms. The number of hydrogen-bond acceptors (Lipinski definition) is 5. The van der Waals surface area contributed by atoms with Gasteiger partial charge in [0, 0.05) is 54.8 Å². The maximum atomic E-state index is 12.8. The number of rotatable bonds is 4. The van der Waals surface area contributed by atoms with E-state index in [0.29, 0.717) is 83.7 Å². The molecular weight excluding hydrogens is 1680 g/mol. The van der Waals surface area contributed by atoms with Crippen LogP contribution in [0.3, 0.4) is 0 Å². The van der Waals surface area contributed by atoms with Gasteiger partial charge in [0.1, 0.15) is 0 Å². The zero-order chi connectivity index (χ0) is 95.7. The van der Waals surface area contributed by atoms with Gasteiger partial charge in [-0.3, -0.25) is 14.4 Å². The maximum absolute atomic E-state index is 12.8. The van der Waals surface area contributed by atoms with Crippen LogP contribution in [0.4, 0.5) is 0 Å². The monoisotopic (exact) mass is 1860 g/mol. The molecular formula is C126H179O5Y-. The van der Waals surface area contributed by atoms with Crippen LogP contribution in [0.2, 0.25) is 0 Å². The van der Waals surface area contributed by atoms with Crippen molar-refractivity contribution in [2.45, 2.75) is 442 Å². The number of carbonyl (C=O) groups excluding carboxylic acids is 4. The number of hydrogen-bond donors (Lipinski definition) is 0. The fourth-order valence-electron chi connectivity index (χ4n) is 38.4. The molecule has 0 aliphatic heterocycles. The summed E-state index contributed by atoms with van der Waals surface area (Å²) in [6, 6.07) is 15.2. The summed E-state index contributed by atoms with van der Waals surface area (Å²) in [4.78, 5) is 50.9. The Bertz CT molecular complexity index is 5510. The first-order valence-corrected chi connectivity index (χ1v) is 53.4. The van der Waals surface area contributed by atoms with Crippen LogP contribution in [-0.4, -0.2) is 30.4 Å². The Kier molecular flexibility index (Phi) is 26.6. The average Bonchev–Trinajstić information content (AvgIpc) is 1.12. The van der Waals surface area contributed by atoms with Gasteiger partial charge >= 0.3 is 5.97 Å². The third-order valence-electron chi connectivity index (χ3n) is 44.8. The van der Waals surface area contributed by atoms with Gasteiger partial charge < -0.3 is 4.74 Å². The van der Waals surface area contributed by atoms with Crippen LogP contribution in [0, 0.1) is 189 Å². The molecule has 1 radical (unpaired) electrons. The summed E-state index contributed by atoms with van der Waals surface area (Å²) in [6.45, 7) is 77.7. The number of ether oxygens (including phenoxy) is 1. The van der Waals surface area contributed by atoms with Gasteiger partial charge in [-0.15, -0.1) is 17.2 Å². The van der Waals surface area contributed by atoms with E-state index in [1.54, 1.807) is 20.8 Å². The molecule has 0 saturated heterocycles. The van der Waals surface area contributed by atoms with Gasteiger partial charge in [0.15, 0.2) is 17.3 Å². The number of carbonyl (C=O) groups is 4. The van der Waals surface area contributed by atoms with Crippen molar-refractivity contribution in [1.82, 2.24) is 0 Å². The van der Waals surface area contributed by atoms with Crippen LogP contribution in [0.1, 0.15) is 479 Å². The SMILES string of the molecule is CC(=O)c1c(C)c(C)cc2c1[C@]1(C)CCC3C(C)(C)CCC[C@]3(C)[C@H]1C2.CC(=O)c1c(C)c(C)cc2c1[C@]1(C)CCC3C(C)(C)CCC[C@]3(C)[C@H]1C=C2.CC(=O)c1c(C)c(C)cc2c1[C@]1(C)CCC3C(C)(C)CCC[C@]3(C)[C@H]1CC2.COC(=O)c1cc(C)c(C)c2c1[C@]1(C)CCC3C(C)(C)CCC[C@]3(C)[C@H]1C2.Cc1c[c-]c2c(c1C)C=C[C@H]1[C@@]2(C)CCC2C(C)(C)CCC[C@@]21C.[Y]. The van der Waals surface area contributed by atoms with E-state index in [2.05, 4.69) is 268 Å². The summed E-state index contributed by atoms with van der Waals surface area (Å²) in [5, 5.41) is 0. The Morgan fingerprint density at radius 3 is 1.13 bits per heavy atom. The van der Waals surface area contributed by atoms with Crippen LogP contribution in [-0.2, 0) is 83.8 Å². The number of aryl methyl sites for hydroxylation is 6. The molecule has 717 valence electrons. The van der Waals surface area contributed by atoms with Crippen molar-refractivity contribution in [3.63, 3.8) is 0 Å². The van der Waals surface area contributed by atoms with Gasteiger partial charge in [0.25, 0.3) is 0 Å². The molecule has 5 nitrogen and oxygen atoms in total. The zero-order valence-corrected chi connectivity index (χ0v) is 92.9. The Morgan fingerprint density at radius 1 is 0.333 bits per heavy atom. The van der Waals surface area contributed by atoms with E-state index in [0.717, 1.165) is 64.7 Å². The summed E-state index contributed by atoms with van der Waals surface area (Å²) >= 11 is 0. The minimum absolute atomic E-state index is 0. The van der Waals surface area contributed by atoms with Crippen molar-refractivity contribution in [3.05, 3.63) is 182 Å². The third-order valence-corrected chi connectivity index (χ3v) is 44.8. The van der Waals surface area contributed by atoms with Crippen LogP contribution < -0.4 is 0 Å². The molecule has 20 atom stereocenters. The molecule has 6 heteroatoms. The van der Waals surface area contributed by atoms with Crippen LogP contribution in [0.25, 0.3) is 12.2 Å². The standard InChI is InChI=1S/C26H38O.C26H36O.C25H36O2.C25H36O.C24H33.Y/c2*1-16-15-19-9-10-21-25(6)13-8-12-24(4,5)20(25)11-14-26(21,7)23(19)22(17(16)2)18(3)27;1-15-13-18(22(26)27-7)21-17(16(15)2)14-20-24(5)11-8-10-23(3,4)19(24)9-12-25(20,21)6;1-15-13-18-14-20-24(6)11-8-10-23(4,5)19(24)9-12-25(20,7)22(18)21(16(15)2)17(3)26;1-16-8-10-19-18(17(16)2)9-11-21-23(19,5)15-12-20-22(3,4)13-7-14-24(20,21)6;/h15,20-21H,8-14H2,1-7H3;9-10,15,20-21H,8,11-14H2,1-7H3;13,19-20H,8-12,14H2,1-7H3;13,19-20H,8-12,14H2,1-7H3;8-9,11,20-21H,7,12-15H2,1-6H3;/q;;;;-1;/t2*20?,21-,25+,26-;2*19?,20-,24+,25-;20?,21-,23-,24-;/m11110./s1. The molecule has 20 rings (SSSR count). The average molecular weight is 1860 g/mol. The predicted molar refractivity (Wildman–Crippen MR) is 550 cm³/mol. The summed E-state index contributed by atoms with van der Waals surface area (Å²) in [5.74, 6) is 7.87. The topological polar surface area (TPSA) is 77.5 Å². The van der Waals surface area contributed by atoms with Gasteiger partial charge in [-0.25, -0.2) is 4.79 Å². The van der Waals surface area contributed by atoms with Crippen molar-refractivity contribution >= 4 is 35.5 Å². The van der Waals surface area contributed by atoms with E-state index in [1.807, 2.05) is 0 Å². The minimum Gasteiger partial charge on any atom is -0.465 e. The van der Waals surface area contributed by atoms with Gasteiger partial charge in [0.2, 0.25) is 0 Å². The number of allylic oxidation sites excluding steroid dienone is 2. The first-order chi connectivity index (χ1) is 60.8. The molecule has 5 aromatic rings. The molecule has 0 heterocycles. The van der Waals surface area contributed by atoms with E-state index in [9.17, 15) is 19.2 Å². The Balaban J connectivity index is 0.000000126. The largest absolute Gasteiger partial charge is 0.465 e. The van der Waals surface area contributed by atoms with E-state index in [-0.39, 0.29) is 83.1 Å². The van der Waals surface area contributed by atoms with Crippen molar-refractivity contribution in [2.75, 3.05) is 7.11 Å². The Morgan fingerprint density at radius 2 is 0.682 bits per heavy atom. The number of Topliss-reactive ketones (excluding diaryl/α,β-unsaturated/α-hetero) is 3.